The van der Waals surface area contributed by atoms with E-state index in [-0.39, 0.29) is 18.6 Å². The van der Waals surface area contributed by atoms with Crippen LogP contribution in [0.2, 0.25) is 0 Å². The van der Waals surface area contributed by atoms with Crippen LogP contribution in [-0.2, 0) is 9.53 Å². The Morgan fingerprint density at radius 1 is 0.853 bits per heavy atom. The molecule has 0 aromatic rings. The van der Waals surface area contributed by atoms with Crippen LogP contribution < -0.4 is 5.32 Å². The molecule has 9 heteroatoms. The van der Waals surface area contributed by atoms with Crippen LogP contribution in [0.15, 0.2) is 0 Å². The Hall–Kier alpha value is -0.250. The van der Waals surface area contributed by atoms with Crippen molar-refractivity contribution in [3.63, 3.8) is 0 Å². The average molecular weight is 539 g/mol. The molecule has 0 saturated carbocycles. The molecule has 0 radical (unpaired) electrons. The predicted octanol–water partition coefficient (Wildman–Crippen LogP) is 5.67. The number of aliphatic hydroxyl groups is 1. The largest absolute Gasteiger partial charge is 0.444 e. The maximum Gasteiger partial charge on any atom is 0.407 e. The summed E-state index contributed by atoms with van der Waals surface area (Å²) in [6.07, 6.45) is 7.63. The molecule has 2 amide bonds. The Labute approximate surface area is 221 Å². The molecule has 0 rings (SSSR count). The van der Waals surface area contributed by atoms with Crippen molar-refractivity contribution in [1.82, 2.24) is 10.2 Å². The summed E-state index contributed by atoms with van der Waals surface area (Å²) >= 11 is 5.70. The van der Waals surface area contributed by atoms with E-state index in [1.165, 1.54) is 18.6 Å². The highest BCUT2D eigenvalue weighted by Crippen LogP contribution is 2.16. The first-order valence-electron chi connectivity index (χ1n) is 12.9. The summed E-state index contributed by atoms with van der Waals surface area (Å²) in [5.74, 6) is 6.47. The number of hydrogen-bond acceptors (Lipinski definition) is 7. The third-order valence-electron chi connectivity index (χ3n) is 5.08. The quantitative estimate of drug-likeness (QED) is 0.162. The molecule has 0 bridgehead atoms. The summed E-state index contributed by atoms with van der Waals surface area (Å²) in [7, 11) is 0. The average Bonchev–Trinajstić information content (AvgIpc) is 2.78. The first kappa shape index (κ1) is 33.8. The number of carbonyl (C=O) groups is 2. The zero-order valence-corrected chi connectivity index (χ0v) is 24.5. The maximum atomic E-state index is 12.4. The van der Waals surface area contributed by atoms with Gasteiger partial charge in [-0.3, -0.25) is 4.79 Å². The molecule has 0 aromatic carbocycles. The monoisotopic (exact) mass is 538 g/mol. The smallest absolute Gasteiger partial charge is 0.407 e. The zero-order chi connectivity index (χ0) is 25.5. The Morgan fingerprint density at radius 3 is 2.12 bits per heavy atom. The molecule has 0 aromatic heterocycles. The van der Waals surface area contributed by atoms with Crippen LogP contribution in [0, 0.1) is 0 Å². The van der Waals surface area contributed by atoms with Gasteiger partial charge in [-0.2, -0.15) is 35.3 Å². The topological polar surface area (TPSA) is 78.9 Å². The SMILES string of the molecule is CCCCSCCCN(CCO)C(=O)CCSCCCSCCCNC(=O)OC(C)(C)CCC. The van der Waals surface area contributed by atoms with Crippen LogP contribution in [0.25, 0.3) is 0 Å². The highest BCUT2D eigenvalue weighted by atomic mass is 32.2. The summed E-state index contributed by atoms with van der Waals surface area (Å²) in [5.41, 5.74) is -0.403. The van der Waals surface area contributed by atoms with Crippen molar-refractivity contribution in [3.05, 3.63) is 0 Å². The summed E-state index contributed by atoms with van der Waals surface area (Å²) in [6, 6.07) is 0. The lowest BCUT2D eigenvalue weighted by atomic mass is 10.0. The van der Waals surface area contributed by atoms with Crippen LogP contribution in [0.5, 0.6) is 0 Å². The van der Waals surface area contributed by atoms with Gasteiger partial charge >= 0.3 is 6.09 Å². The molecule has 6 nitrogen and oxygen atoms in total. The molecule has 0 heterocycles. The Bertz CT molecular complexity index is 511. The number of amides is 2. The number of nitrogens with zero attached hydrogens (tertiary/aromatic N) is 1. The van der Waals surface area contributed by atoms with Gasteiger partial charge in [0.1, 0.15) is 5.60 Å². The number of aliphatic hydroxyl groups excluding tert-OH is 1. The second-order valence-corrected chi connectivity index (χ2v) is 12.6. The standard InChI is InChI=1S/C25H50N2O4S3/c1-5-7-17-32-19-9-14-27(15-16-28)23(29)11-22-34-21-10-20-33-18-8-13-26-24(30)31-25(3,4)12-6-2/h28H,5-22H2,1-4H3,(H,26,30). The fourth-order valence-corrected chi connectivity index (χ4v) is 6.26. The highest BCUT2D eigenvalue weighted by Gasteiger charge is 2.21. The molecular formula is C25H50N2O4S3. The van der Waals surface area contributed by atoms with Crippen molar-refractivity contribution in [1.29, 1.82) is 0 Å². The van der Waals surface area contributed by atoms with Crippen molar-refractivity contribution < 1.29 is 19.4 Å². The third kappa shape index (κ3) is 21.1. The third-order valence-corrected chi connectivity index (χ3v) is 8.45. The molecule has 0 fully saturated rings. The van der Waals surface area contributed by atoms with Crippen LogP contribution in [0.1, 0.15) is 79.1 Å². The van der Waals surface area contributed by atoms with E-state index in [1.54, 1.807) is 0 Å². The van der Waals surface area contributed by atoms with Gasteiger partial charge in [-0.15, -0.1) is 0 Å². The second-order valence-electron chi connectivity index (χ2n) is 8.93. The van der Waals surface area contributed by atoms with Crippen molar-refractivity contribution in [2.24, 2.45) is 0 Å². The van der Waals surface area contributed by atoms with Crippen LogP contribution in [0.3, 0.4) is 0 Å². The molecule has 0 aliphatic rings. The normalized spacial score (nSPS) is 11.4. The first-order chi connectivity index (χ1) is 16.4. The van der Waals surface area contributed by atoms with E-state index in [2.05, 4.69) is 19.2 Å². The van der Waals surface area contributed by atoms with Gasteiger partial charge < -0.3 is 20.1 Å². The molecule has 2 N–H and O–H groups in total. The lowest BCUT2D eigenvalue weighted by Crippen LogP contribution is -2.35. The lowest BCUT2D eigenvalue weighted by Gasteiger charge is -2.24. The minimum Gasteiger partial charge on any atom is -0.444 e. The van der Waals surface area contributed by atoms with Gasteiger partial charge in [-0.25, -0.2) is 4.79 Å². The van der Waals surface area contributed by atoms with Crippen LogP contribution in [0.4, 0.5) is 4.79 Å². The number of unbranched alkanes of at least 4 members (excludes halogenated alkanes) is 1. The first-order valence-corrected chi connectivity index (χ1v) is 16.4. The number of hydrogen-bond donors (Lipinski definition) is 2. The van der Waals surface area contributed by atoms with Crippen molar-refractivity contribution in [2.75, 3.05) is 60.8 Å². The molecule has 0 atom stereocenters. The molecule has 0 spiro atoms. The fourth-order valence-electron chi connectivity index (χ4n) is 3.28. The maximum absolute atomic E-state index is 12.4. The summed E-state index contributed by atoms with van der Waals surface area (Å²) in [6.45, 7) is 10.1. The summed E-state index contributed by atoms with van der Waals surface area (Å²) in [5, 5.41) is 12.1. The predicted molar refractivity (Wildman–Crippen MR) is 152 cm³/mol. The number of rotatable bonds is 23. The van der Waals surface area contributed by atoms with Crippen molar-refractivity contribution in [3.8, 4) is 0 Å². The van der Waals surface area contributed by atoms with E-state index < -0.39 is 5.60 Å². The van der Waals surface area contributed by atoms with Gasteiger partial charge in [0.2, 0.25) is 5.91 Å². The second kappa shape index (κ2) is 23.2. The van der Waals surface area contributed by atoms with E-state index in [0.29, 0.717) is 19.5 Å². The van der Waals surface area contributed by atoms with Crippen molar-refractivity contribution in [2.45, 2.75) is 84.7 Å². The molecule has 0 aliphatic carbocycles. The van der Waals surface area contributed by atoms with E-state index >= 15 is 0 Å². The summed E-state index contributed by atoms with van der Waals surface area (Å²) < 4.78 is 5.44. The number of thioether (sulfide) groups is 3. The van der Waals surface area contributed by atoms with E-state index in [0.717, 1.165) is 67.4 Å². The molecule has 0 aliphatic heterocycles. The highest BCUT2D eigenvalue weighted by molar-refractivity contribution is 8.00. The van der Waals surface area contributed by atoms with Gasteiger partial charge in [0, 0.05) is 31.8 Å². The summed E-state index contributed by atoms with van der Waals surface area (Å²) in [4.78, 5) is 26.1. The minimum atomic E-state index is -0.403. The molecule has 0 unspecified atom stereocenters. The Morgan fingerprint density at radius 2 is 1.47 bits per heavy atom. The Balaban J connectivity index is 3.65. The number of carbonyl (C=O) groups excluding carboxylic acids is 2. The number of ether oxygens (including phenoxy) is 1. The molecule has 202 valence electrons. The number of nitrogens with one attached hydrogen (secondary N) is 1. The van der Waals surface area contributed by atoms with Gasteiger partial charge in [0.05, 0.1) is 6.61 Å². The van der Waals surface area contributed by atoms with E-state index in [1.807, 2.05) is 54.0 Å². The van der Waals surface area contributed by atoms with Gasteiger partial charge in [-0.1, -0.05) is 26.7 Å². The molecule has 34 heavy (non-hydrogen) atoms. The molecular weight excluding hydrogens is 488 g/mol. The molecule has 0 saturated heterocycles. The Kier molecular flexibility index (Phi) is 23.0. The lowest BCUT2D eigenvalue weighted by molar-refractivity contribution is -0.131. The van der Waals surface area contributed by atoms with Gasteiger partial charge in [-0.05, 0) is 74.7 Å². The van der Waals surface area contributed by atoms with Crippen molar-refractivity contribution >= 4 is 47.3 Å². The van der Waals surface area contributed by atoms with Crippen LogP contribution in [-0.4, -0.2) is 88.4 Å². The zero-order valence-electron chi connectivity index (χ0n) is 22.1. The van der Waals surface area contributed by atoms with Crippen LogP contribution >= 0.6 is 35.3 Å². The van der Waals surface area contributed by atoms with Gasteiger partial charge in [0.25, 0.3) is 0 Å². The minimum absolute atomic E-state index is 0.0344. The van der Waals surface area contributed by atoms with E-state index in [4.69, 9.17) is 4.74 Å². The van der Waals surface area contributed by atoms with E-state index in [9.17, 15) is 14.7 Å². The number of alkyl carbamates (subject to hydrolysis) is 1. The fraction of sp³-hybridized carbons (Fsp3) is 0.920. The van der Waals surface area contributed by atoms with Gasteiger partial charge in [0.15, 0.2) is 0 Å².